The van der Waals surface area contributed by atoms with Gasteiger partial charge in [0.1, 0.15) is 5.71 Å². The quantitative estimate of drug-likeness (QED) is 0.337. The van der Waals surface area contributed by atoms with Gasteiger partial charge in [0.15, 0.2) is 0 Å². The van der Waals surface area contributed by atoms with Gasteiger partial charge in [-0.3, -0.25) is 4.79 Å². The SMILES string of the molecule is Cc1cc(N(C)C)ccc1N=C(C(=O)Nc1cc(Cl)c(Cl)cc1Cl)c1ccccc1. The van der Waals surface area contributed by atoms with Crippen LogP contribution in [0.1, 0.15) is 11.1 Å². The second kappa shape index (κ2) is 9.52. The Morgan fingerprint density at radius 3 is 2.20 bits per heavy atom. The van der Waals surface area contributed by atoms with Crippen LogP contribution in [0, 0.1) is 6.92 Å². The number of carbonyl (C=O) groups is 1. The van der Waals surface area contributed by atoms with Crippen molar-refractivity contribution < 1.29 is 4.79 Å². The van der Waals surface area contributed by atoms with Gasteiger partial charge in [-0.1, -0.05) is 65.1 Å². The maximum atomic E-state index is 13.2. The van der Waals surface area contributed by atoms with Gasteiger partial charge < -0.3 is 10.2 Å². The van der Waals surface area contributed by atoms with E-state index in [2.05, 4.69) is 10.3 Å². The minimum absolute atomic E-state index is 0.262. The molecule has 30 heavy (non-hydrogen) atoms. The highest BCUT2D eigenvalue weighted by Gasteiger charge is 2.17. The summed E-state index contributed by atoms with van der Waals surface area (Å²) in [5.41, 5.74) is 4.02. The van der Waals surface area contributed by atoms with Gasteiger partial charge in [-0.05, 0) is 42.8 Å². The van der Waals surface area contributed by atoms with Crippen LogP contribution in [0.4, 0.5) is 17.1 Å². The predicted molar refractivity (Wildman–Crippen MR) is 128 cm³/mol. The van der Waals surface area contributed by atoms with Crippen LogP contribution in [0.3, 0.4) is 0 Å². The number of hydrogen-bond donors (Lipinski definition) is 1. The lowest BCUT2D eigenvalue weighted by Gasteiger charge is -2.15. The molecule has 0 aliphatic heterocycles. The van der Waals surface area contributed by atoms with Crippen molar-refractivity contribution >= 4 is 63.5 Å². The van der Waals surface area contributed by atoms with Crippen LogP contribution in [-0.4, -0.2) is 25.7 Å². The first-order valence-corrected chi connectivity index (χ1v) is 10.3. The number of benzene rings is 3. The van der Waals surface area contributed by atoms with Gasteiger partial charge >= 0.3 is 0 Å². The Morgan fingerprint density at radius 1 is 0.900 bits per heavy atom. The first-order chi connectivity index (χ1) is 14.3. The third-order valence-corrected chi connectivity index (χ3v) is 5.48. The van der Waals surface area contributed by atoms with Crippen molar-refractivity contribution in [2.75, 3.05) is 24.3 Å². The number of rotatable bonds is 5. The summed E-state index contributed by atoms with van der Waals surface area (Å²) in [5.74, 6) is -0.405. The van der Waals surface area contributed by atoms with E-state index in [-0.39, 0.29) is 10.7 Å². The summed E-state index contributed by atoms with van der Waals surface area (Å²) in [6.45, 7) is 1.96. The van der Waals surface area contributed by atoms with Gasteiger partial charge in [0.25, 0.3) is 5.91 Å². The fourth-order valence-corrected chi connectivity index (χ4v) is 3.40. The van der Waals surface area contributed by atoms with Crippen molar-refractivity contribution in [2.24, 2.45) is 4.99 Å². The molecule has 0 spiro atoms. The van der Waals surface area contributed by atoms with Crippen molar-refractivity contribution in [1.82, 2.24) is 0 Å². The Balaban J connectivity index is 2.03. The third kappa shape index (κ3) is 5.14. The maximum Gasteiger partial charge on any atom is 0.274 e. The average Bonchev–Trinajstić information content (AvgIpc) is 2.71. The molecule has 1 amide bonds. The van der Waals surface area contributed by atoms with Crippen LogP contribution in [0.2, 0.25) is 15.1 Å². The topological polar surface area (TPSA) is 44.7 Å². The van der Waals surface area contributed by atoms with Gasteiger partial charge in [-0.15, -0.1) is 0 Å². The summed E-state index contributed by atoms with van der Waals surface area (Å²) in [5, 5.41) is 3.69. The molecule has 0 saturated heterocycles. The number of nitrogens with zero attached hydrogens (tertiary/aromatic N) is 2. The molecular formula is C23H20Cl3N3O. The van der Waals surface area contributed by atoms with Crippen LogP contribution in [0.5, 0.6) is 0 Å². The van der Waals surface area contributed by atoms with Crippen molar-refractivity contribution in [2.45, 2.75) is 6.92 Å². The van der Waals surface area contributed by atoms with Crippen molar-refractivity contribution in [3.05, 3.63) is 86.9 Å². The highest BCUT2D eigenvalue weighted by Crippen LogP contribution is 2.32. The van der Waals surface area contributed by atoms with Gasteiger partial charge in [0, 0.05) is 25.3 Å². The normalized spacial score (nSPS) is 11.3. The molecule has 0 aliphatic carbocycles. The van der Waals surface area contributed by atoms with E-state index in [0.29, 0.717) is 27.0 Å². The Kier molecular flexibility index (Phi) is 7.03. The minimum Gasteiger partial charge on any atom is -0.378 e. The fourth-order valence-electron chi connectivity index (χ4n) is 2.81. The highest BCUT2D eigenvalue weighted by atomic mass is 35.5. The van der Waals surface area contributed by atoms with E-state index in [1.807, 2.05) is 74.4 Å². The molecule has 0 saturated carbocycles. The van der Waals surface area contributed by atoms with Gasteiger partial charge in [-0.25, -0.2) is 4.99 Å². The van der Waals surface area contributed by atoms with E-state index >= 15 is 0 Å². The van der Waals surface area contributed by atoms with Crippen LogP contribution in [0.25, 0.3) is 0 Å². The number of anilines is 2. The first-order valence-electron chi connectivity index (χ1n) is 9.14. The van der Waals surface area contributed by atoms with Gasteiger partial charge in [0.05, 0.1) is 26.4 Å². The summed E-state index contributed by atoms with van der Waals surface area (Å²) >= 11 is 18.3. The van der Waals surface area contributed by atoms with Crippen LogP contribution in [-0.2, 0) is 4.79 Å². The molecule has 3 aromatic rings. The van der Waals surface area contributed by atoms with Crippen molar-refractivity contribution in [3.8, 4) is 0 Å². The van der Waals surface area contributed by atoms with E-state index < -0.39 is 5.91 Å². The first kappa shape index (κ1) is 22.2. The Morgan fingerprint density at radius 2 is 1.57 bits per heavy atom. The monoisotopic (exact) mass is 459 g/mol. The molecule has 154 valence electrons. The number of amides is 1. The largest absolute Gasteiger partial charge is 0.378 e. The summed E-state index contributed by atoms with van der Waals surface area (Å²) in [6, 6.07) is 18.1. The van der Waals surface area contributed by atoms with Crippen LogP contribution < -0.4 is 10.2 Å². The molecular weight excluding hydrogens is 441 g/mol. The second-order valence-corrected chi connectivity index (χ2v) is 8.11. The molecule has 1 N–H and O–H groups in total. The Hall–Kier alpha value is -2.53. The zero-order chi connectivity index (χ0) is 21.8. The minimum atomic E-state index is -0.405. The maximum absolute atomic E-state index is 13.2. The van der Waals surface area contributed by atoms with E-state index in [4.69, 9.17) is 34.8 Å². The Labute approximate surface area is 191 Å². The highest BCUT2D eigenvalue weighted by molar-refractivity contribution is 6.50. The third-order valence-electron chi connectivity index (χ3n) is 4.45. The van der Waals surface area contributed by atoms with E-state index in [9.17, 15) is 4.79 Å². The number of aliphatic imine (C=N–C) groups is 1. The summed E-state index contributed by atoms with van der Waals surface area (Å²) < 4.78 is 0. The lowest BCUT2D eigenvalue weighted by molar-refractivity contribution is -0.110. The zero-order valence-corrected chi connectivity index (χ0v) is 19.0. The molecule has 0 atom stereocenters. The zero-order valence-electron chi connectivity index (χ0n) is 16.7. The molecule has 7 heteroatoms. The molecule has 0 aromatic heterocycles. The standard InChI is InChI=1S/C23H20Cl3N3O/c1-14-11-16(29(2)3)9-10-20(14)27-22(15-7-5-4-6-8-15)23(30)28-21-13-18(25)17(24)12-19(21)26/h4-13H,1-3H3,(H,28,30). The fraction of sp³-hybridized carbons (Fsp3) is 0.130. The second-order valence-electron chi connectivity index (χ2n) is 6.89. The summed E-state index contributed by atoms with van der Waals surface area (Å²) in [6.07, 6.45) is 0. The summed E-state index contributed by atoms with van der Waals surface area (Å²) in [7, 11) is 3.95. The number of halogens is 3. The number of aryl methyl sites for hydroxylation is 1. The Bertz CT molecular complexity index is 1110. The van der Waals surface area contributed by atoms with Gasteiger partial charge in [0.2, 0.25) is 0 Å². The molecule has 0 fully saturated rings. The van der Waals surface area contributed by atoms with Crippen LogP contribution in [0.15, 0.2) is 65.7 Å². The number of nitrogens with one attached hydrogen (secondary N) is 1. The lowest BCUT2D eigenvalue weighted by atomic mass is 10.1. The van der Waals surface area contributed by atoms with Crippen molar-refractivity contribution in [1.29, 1.82) is 0 Å². The van der Waals surface area contributed by atoms with E-state index in [1.165, 1.54) is 12.1 Å². The molecule has 4 nitrogen and oxygen atoms in total. The van der Waals surface area contributed by atoms with E-state index in [1.54, 1.807) is 0 Å². The molecule has 3 rings (SSSR count). The van der Waals surface area contributed by atoms with Gasteiger partial charge in [-0.2, -0.15) is 0 Å². The number of carbonyl (C=O) groups excluding carboxylic acids is 1. The number of hydrogen-bond acceptors (Lipinski definition) is 3. The summed E-state index contributed by atoms with van der Waals surface area (Å²) in [4.78, 5) is 19.9. The molecule has 0 unspecified atom stereocenters. The molecule has 0 bridgehead atoms. The average molecular weight is 461 g/mol. The van der Waals surface area contributed by atoms with Crippen LogP contribution >= 0.6 is 34.8 Å². The molecule has 0 radical (unpaired) electrons. The van der Waals surface area contributed by atoms with E-state index in [0.717, 1.165) is 11.3 Å². The molecule has 3 aromatic carbocycles. The molecule has 0 aliphatic rings. The molecule has 0 heterocycles. The predicted octanol–water partition coefficient (Wildman–Crippen LogP) is 6.78. The van der Waals surface area contributed by atoms with Crippen molar-refractivity contribution in [3.63, 3.8) is 0 Å². The lowest BCUT2D eigenvalue weighted by Crippen LogP contribution is -2.24. The smallest absolute Gasteiger partial charge is 0.274 e.